The third kappa shape index (κ3) is 1.94. The molecule has 6 heteroatoms. The van der Waals surface area contributed by atoms with Crippen molar-refractivity contribution in [1.29, 1.82) is 0 Å². The maximum absolute atomic E-state index is 4.45. The first-order valence-corrected chi connectivity index (χ1v) is 7.51. The summed E-state index contributed by atoms with van der Waals surface area (Å²) in [5.74, 6) is 1.28. The first kappa shape index (κ1) is 13.2. The molecule has 0 radical (unpaired) electrons. The van der Waals surface area contributed by atoms with Crippen molar-refractivity contribution in [3.05, 3.63) is 47.8 Å². The molecule has 3 aromatic rings. The average Bonchev–Trinajstić information content (AvgIpc) is 3.17. The molecule has 1 unspecified atom stereocenters. The number of aryl methyl sites for hydroxylation is 1. The number of nitrogens with zero attached hydrogens (tertiary/aromatic N) is 5. The van der Waals surface area contributed by atoms with Gasteiger partial charge < -0.3 is 4.57 Å². The molecule has 1 N–H and O–H groups in total. The lowest BCUT2D eigenvalue weighted by Gasteiger charge is -2.41. The third-order valence-electron chi connectivity index (χ3n) is 4.62. The summed E-state index contributed by atoms with van der Waals surface area (Å²) in [6.45, 7) is 4.63. The molecule has 1 aliphatic carbocycles. The molecule has 6 nitrogen and oxygen atoms in total. The first-order chi connectivity index (χ1) is 10.7. The summed E-state index contributed by atoms with van der Waals surface area (Å²) in [4.78, 5) is 4.45. The Morgan fingerprint density at radius 1 is 1.27 bits per heavy atom. The van der Waals surface area contributed by atoms with E-state index in [9.17, 15) is 0 Å². The zero-order chi connectivity index (χ0) is 15.2. The molecule has 1 atom stereocenters. The molecule has 0 fully saturated rings. The van der Waals surface area contributed by atoms with E-state index >= 15 is 0 Å². The Morgan fingerprint density at radius 2 is 2.14 bits per heavy atom. The number of hydrogen-bond acceptors (Lipinski definition) is 4. The standard InChI is InChI=1S/C16H18N6/c1-16(2)8-7-11-5-3-4-6-12(11)13(16)22-10-9-17-15(22)14-18-20-21-19-14/h3-6,9-10,13H,7-8H2,1-2H3,(H,18,19,20,21). The van der Waals surface area contributed by atoms with Gasteiger partial charge in [0, 0.05) is 12.4 Å². The van der Waals surface area contributed by atoms with Gasteiger partial charge in [-0.15, -0.1) is 10.2 Å². The monoisotopic (exact) mass is 294 g/mol. The molecule has 22 heavy (non-hydrogen) atoms. The minimum absolute atomic E-state index is 0.132. The fourth-order valence-corrected chi connectivity index (χ4v) is 3.52. The highest BCUT2D eigenvalue weighted by Crippen LogP contribution is 2.46. The Balaban J connectivity index is 1.90. The van der Waals surface area contributed by atoms with Crippen molar-refractivity contribution >= 4 is 0 Å². The number of fused-ring (bicyclic) bond motifs is 1. The zero-order valence-corrected chi connectivity index (χ0v) is 12.7. The molecule has 0 saturated carbocycles. The lowest BCUT2D eigenvalue weighted by molar-refractivity contribution is 0.218. The van der Waals surface area contributed by atoms with Crippen molar-refractivity contribution in [2.45, 2.75) is 32.7 Å². The quantitative estimate of drug-likeness (QED) is 0.788. The predicted octanol–water partition coefficient (Wildman–Crippen LogP) is 2.62. The first-order valence-electron chi connectivity index (χ1n) is 7.51. The number of imidazole rings is 1. The zero-order valence-electron chi connectivity index (χ0n) is 12.7. The fourth-order valence-electron chi connectivity index (χ4n) is 3.52. The number of hydrogen-bond donors (Lipinski definition) is 1. The van der Waals surface area contributed by atoms with Gasteiger partial charge in [0.25, 0.3) is 0 Å². The Hall–Kier alpha value is -2.50. The van der Waals surface area contributed by atoms with Crippen LogP contribution in [-0.4, -0.2) is 30.2 Å². The second-order valence-corrected chi connectivity index (χ2v) is 6.48. The van der Waals surface area contributed by atoms with Crippen molar-refractivity contribution in [2.75, 3.05) is 0 Å². The molecule has 0 amide bonds. The highest BCUT2D eigenvalue weighted by molar-refractivity contribution is 5.45. The van der Waals surface area contributed by atoms with Crippen LogP contribution < -0.4 is 0 Å². The lowest BCUT2D eigenvalue weighted by atomic mass is 9.70. The van der Waals surface area contributed by atoms with Crippen LogP contribution >= 0.6 is 0 Å². The number of nitrogens with one attached hydrogen (secondary N) is 1. The fraction of sp³-hybridized carbons (Fsp3) is 0.375. The Kier molecular flexibility index (Phi) is 2.85. The number of H-pyrrole nitrogens is 1. The molecule has 0 saturated heterocycles. The van der Waals surface area contributed by atoms with Crippen LogP contribution in [0.15, 0.2) is 36.7 Å². The Labute approximate surface area is 128 Å². The number of aromatic amines is 1. The molecule has 0 bridgehead atoms. The average molecular weight is 294 g/mol. The van der Waals surface area contributed by atoms with Gasteiger partial charge in [-0.05, 0) is 34.6 Å². The molecule has 112 valence electrons. The molecular weight excluding hydrogens is 276 g/mol. The van der Waals surface area contributed by atoms with Gasteiger partial charge in [0.1, 0.15) is 0 Å². The minimum atomic E-state index is 0.132. The molecule has 2 heterocycles. The van der Waals surface area contributed by atoms with Crippen LogP contribution in [0.25, 0.3) is 11.6 Å². The number of rotatable bonds is 2. The summed E-state index contributed by atoms with van der Waals surface area (Å²) in [6.07, 6.45) is 6.07. The van der Waals surface area contributed by atoms with E-state index in [1.54, 1.807) is 6.20 Å². The van der Waals surface area contributed by atoms with E-state index in [1.165, 1.54) is 11.1 Å². The molecular formula is C16H18N6. The lowest BCUT2D eigenvalue weighted by Crippen LogP contribution is -2.33. The van der Waals surface area contributed by atoms with Gasteiger partial charge in [-0.25, -0.2) is 4.98 Å². The maximum Gasteiger partial charge on any atom is 0.240 e. The summed E-state index contributed by atoms with van der Waals surface area (Å²) in [6, 6.07) is 8.89. The van der Waals surface area contributed by atoms with Crippen LogP contribution in [0.1, 0.15) is 37.4 Å². The van der Waals surface area contributed by atoms with Gasteiger partial charge in [0.2, 0.25) is 5.82 Å². The molecule has 4 rings (SSSR count). The van der Waals surface area contributed by atoms with Crippen LogP contribution in [0, 0.1) is 5.41 Å². The van der Waals surface area contributed by atoms with E-state index in [4.69, 9.17) is 0 Å². The summed E-state index contributed by atoms with van der Waals surface area (Å²) >= 11 is 0. The van der Waals surface area contributed by atoms with Gasteiger partial charge in [-0.2, -0.15) is 5.21 Å². The molecule has 0 spiro atoms. The van der Waals surface area contributed by atoms with Gasteiger partial charge in [0.05, 0.1) is 6.04 Å². The van der Waals surface area contributed by atoms with Crippen molar-refractivity contribution in [1.82, 2.24) is 30.2 Å². The van der Waals surface area contributed by atoms with Crippen molar-refractivity contribution in [2.24, 2.45) is 5.41 Å². The third-order valence-corrected chi connectivity index (χ3v) is 4.62. The van der Waals surface area contributed by atoms with E-state index in [0.29, 0.717) is 5.82 Å². The smallest absolute Gasteiger partial charge is 0.240 e. The van der Waals surface area contributed by atoms with Gasteiger partial charge in [-0.1, -0.05) is 38.1 Å². The molecule has 2 aromatic heterocycles. The van der Waals surface area contributed by atoms with Crippen LogP contribution in [0.3, 0.4) is 0 Å². The second kappa shape index (κ2) is 4.76. The summed E-state index contributed by atoms with van der Waals surface area (Å²) in [7, 11) is 0. The van der Waals surface area contributed by atoms with Gasteiger partial charge >= 0.3 is 0 Å². The highest BCUT2D eigenvalue weighted by Gasteiger charge is 2.38. The van der Waals surface area contributed by atoms with E-state index in [0.717, 1.165) is 18.7 Å². The van der Waals surface area contributed by atoms with E-state index in [2.05, 4.69) is 68.3 Å². The molecule has 0 aliphatic heterocycles. The summed E-state index contributed by atoms with van der Waals surface area (Å²) < 4.78 is 2.18. The van der Waals surface area contributed by atoms with Gasteiger partial charge in [-0.3, -0.25) is 0 Å². The van der Waals surface area contributed by atoms with E-state index in [-0.39, 0.29) is 11.5 Å². The van der Waals surface area contributed by atoms with Crippen LogP contribution in [0.2, 0.25) is 0 Å². The van der Waals surface area contributed by atoms with E-state index in [1.807, 2.05) is 6.20 Å². The minimum Gasteiger partial charge on any atom is -0.320 e. The Morgan fingerprint density at radius 3 is 2.95 bits per heavy atom. The maximum atomic E-state index is 4.45. The number of benzene rings is 1. The number of tetrazole rings is 1. The van der Waals surface area contributed by atoms with Crippen molar-refractivity contribution < 1.29 is 0 Å². The van der Waals surface area contributed by atoms with Crippen LogP contribution in [0.5, 0.6) is 0 Å². The summed E-state index contributed by atoms with van der Waals surface area (Å²) in [5, 5.41) is 14.3. The molecule has 1 aliphatic rings. The predicted molar refractivity (Wildman–Crippen MR) is 82.1 cm³/mol. The van der Waals surface area contributed by atoms with Gasteiger partial charge in [0.15, 0.2) is 5.82 Å². The van der Waals surface area contributed by atoms with E-state index < -0.39 is 0 Å². The number of aromatic nitrogens is 6. The van der Waals surface area contributed by atoms with Crippen LogP contribution in [0.4, 0.5) is 0 Å². The van der Waals surface area contributed by atoms with Crippen molar-refractivity contribution in [3.63, 3.8) is 0 Å². The highest BCUT2D eigenvalue weighted by atomic mass is 15.5. The van der Waals surface area contributed by atoms with Crippen molar-refractivity contribution in [3.8, 4) is 11.6 Å². The topological polar surface area (TPSA) is 72.3 Å². The second-order valence-electron chi connectivity index (χ2n) is 6.48. The largest absolute Gasteiger partial charge is 0.320 e. The normalized spacial score (nSPS) is 19.8. The molecule has 1 aromatic carbocycles. The Bertz CT molecular complexity index is 787. The van der Waals surface area contributed by atoms with Crippen LogP contribution in [-0.2, 0) is 6.42 Å². The summed E-state index contributed by atoms with van der Waals surface area (Å²) in [5.41, 5.74) is 2.91. The SMILES string of the molecule is CC1(C)CCc2ccccc2C1n1ccnc1-c1nn[nH]n1.